The maximum Gasteiger partial charge on any atom is 0.191 e. The van der Waals surface area contributed by atoms with E-state index in [1.807, 2.05) is 12.1 Å². The number of likely N-dealkylation sites (N-methyl/N-ethyl adjacent to an activating group) is 1. The lowest BCUT2D eigenvalue weighted by molar-refractivity contribution is 0.0170. The van der Waals surface area contributed by atoms with Gasteiger partial charge in [-0.25, -0.2) is 4.39 Å². The average Bonchev–Trinajstić information content (AvgIpc) is 3.57. The topological polar surface area (TPSA) is 52.1 Å². The zero-order valence-corrected chi connectivity index (χ0v) is 19.9. The zero-order chi connectivity index (χ0) is 19.8. The van der Waals surface area contributed by atoms with Gasteiger partial charge >= 0.3 is 0 Å². The molecule has 0 spiro atoms. The van der Waals surface area contributed by atoms with E-state index < -0.39 is 0 Å². The van der Waals surface area contributed by atoms with Gasteiger partial charge in [0.2, 0.25) is 0 Å². The van der Waals surface area contributed by atoms with Gasteiger partial charge in [0.25, 0.3) is 0 Å². The normalized spacial score (nSPS) is 19.0. The van der Waals surface area contributed by atoms with Gasteiger partial charge in [0, 0.05) is 45.8 Å². The molecule has 2 fully saturated rings. The number of hydrogen-bond donors (Lipinski definition) is 2. The Bertz CT molecular complexity index is 620. The van der Waals surface area contributed by atoms with Crippen molar-refractivity contribution in [3.8, 4) is 0 Å². The van der Waals surface area contributed by atoms with Crippen molar-refractivity contribution in [3.05, 3.63) is 35.6 Å². The van der Waals surface area contributed by atoms with Crippen molar-refractivity contribution in [1.82, 2.24) is 20.4 Å². The summed E-state index contributed by atoms with van der Waals surface area (Å²) in [6.07, 6.45) is 2.67. The molecule has 1 aromatic rings. The van der Waals surface area contributed by atoms with Crippen LogP contribution >= 0.6 is 24.0 Å². The van der Waals surface area contributed by atoms with E-state index in [-0.39, 0.29) is 35.8 Å². The van der Waals surface area contributed by atoms with Crippen LogP contribution in [0.3, 0.4) is 0 Å². The SMILES string of the molecule is CCN(CCNC(=NC)NCC(c1ccc(F)cc1)N1CCOCC1)C1CC1.I. The molecule has 1 heterocycles. The fourth-order valence-electron chi connectivity index (χ4n) is 3.80. The lowest BCUT2D eigenvalue weighted by Gasteiger charge is -2.35. The molecule has 0 radical (unpaired) electrons. The first-order valence-corrected chi connectivity index (χ1v) is 10.5. The van der Waals surface area contributed by atoms with Crippen LogP contribution in [0.5, 0.6) is 0 Å². The third kappa shape index (κ3) is 7.66. The minimum absolute atomic E-state index is 0. The smallest absolute Gasteiger partial charge is 0.191 e. The van der Waals surface area contributed by atoms with Crippen molar-refractivity contribution in [1.29, 1.82) is 0 Å². The molecule has 1 saturated heterocycles. The predicted molar refractivity (Wildman–Crippen MR) is 127 cm³/mol. The Morgan fingerprint density at radius 2 is 1.93 bits per heavy atom. The molecule has 164 valence electrons. The number of nitrogens with zero attached hydrogens (tertiary/aromatic N) is 3. The second-order valence-electron chi connectivity index (χ2n) is 7.46. The van der Waals surface area contributed by atoms with Gasteiger partial charge in [-0.15, -0.1) is 24.0 Å². The van der Waals surface area contributed by atoms with Crippen LogP contribution in [0.25, 0.3) is 0 Å². The molecule has 1 aliphatic carbocycles. The lowest BCUT2D eigenvalue weighted by Crippen LogP contribution is -2.47. The first-order valence-electron chi connectivity index (χ1n) is 10.5. The lowest BCUT2D eigenvalue weighted by atomic mass is 10.0. The summed E-state index contributed by atoms with van der Waals surface area (Å²) in [5, 5.41) is 6.89. The summed E-state index contributed by atoms with van der Waals surface area (Å²) in [6.45, 7) is 9.17. The summed E-state index contributed by atoms with van der Waals surface area (Å²) in [7, 11) is 1.80. The Kier molecular flexibility index (Phi) is 10.6. The maximum atomic E-state index is 13.4. The van der Waals surface area contributed by atoms with E-state index in [0.29, 0.717) is 6.54 Å². The van der Waals surface area contributed by atoms with Crippen LogP contribution in [0.2, 0.25) is 0 Å². The molecule has 2 aliphatic rings. The predicted octanol–water partition coefficient (Wildman–Crippen LogP) is 2.47. The monoisotopic (exact) mass is 519 g/mol. The van der Waals surface area contributed by atoms with Gasteiger partial charge in [0.05, 0.1) is 19.3 Å². The number of aliphatic imine (C=N–C) groups is 1. The van der Waals surface area contributed by atoms with Crippen LogP contribution in [0.15, 0.2) is 29.3 Å². The van der Waals surface area contributed by atoms with Crippen LogP contribution < -0.4 is 10.6 Å². The number of nitrogens with one attached hydrogen (secondary N) is 2. The first-order chi connectivity index (χ1) is 13.7. The fraction of sp³-hybridized carbons (Fsp3) is 0.667. The van der Waals surface area contributed by atoms with Crippen LogP contribution in [-0.4, -0.2) is 81.3 Å². The Morgan fingerprint density at radius 3 is 2.52 bits per heavy atom. The quantitative estimate of drug-likeness (QED) is 0.299. The van der Waals surface area contributed by atoms with Crippen molar-refractivity contribution in [2.75, 3.05) is 59.5 Å². The average molecular weight is 519 g/mol. The summed E-state index contributed by atoms with van der Waals surface area (Å²) in [4.78, 5) is 9.28. The summed E-state index contributed by atoms with van der Waals surface area (Å²) >= 11 is 0. The highest BCUT2D eigenvalue weighted by atomic mass is 127. The van der Waals surface area contributed by atoms with Crippen molar-refractivity contribution < 1.29 is 9.13 Å². The molecule has 1 unspecified atom stereocenters. The van der Waals surface area contributed by atoms with Gasteiger partial charge in [0.1, 0.15) is 5.82 Å². The molecule has 1 saturated carbocycles. The van der Waals surface area contributed by atoms with Crippen molar-refractivity contribution in [2.45, 2.75) is 31.8 Å². The Labute approximate surface area is 191 Å². The highest BCUT2D eigenvalue weighted by molar-refractivity contribution is 14.0. The minimum atomic E-state index is -0.203. The van der Waals surface area contributed by atoms with Crippen molar-refractivity contribution in [2.24, 2.45) is 4.99 Å². The minimum Gasteiger partial charge on any atom is -0.379 e. The third-order valence-electron chi connectivity index (χ3n) is 5.59. The van der Waals surface area contributed by atoms with Crippen LogP contribution in [0.1, 0.15) is 31.4 Å². The molecule has 1 atom stereocenters. The molecule has 8 heteroatoms. The number of ether oxygens (including phenoxy) is 1. The summed E-state index contributed by atoms with van der Waals surface area (Å²) < 4.78 is 18.9. The number of benzene rings is 1. The summed E-state index contributed by atoms with van der Waals surface area (Å²) in [5.41, 5.74) is 1.11. The first kappa shape index (κ1) is 24.3. The number of hydrogen-bond acceptors (Lipinski definition) is 4. The van der Waals surface area contributed by atoms with E-state index >= 15 is 0 Å². The number of rotatable bonds is 9. The molecule has 1 aromatic carbocycles. The Balaban J connectivity index is 0.00000300. The van der Waals surface area contributed by atoms with Gasteiger partial charge in [-0.05, 0) is 37.1 Å². The van der Waals surface area contributed by atoms with E-state index in [4.69, 9.17) is 4.74 Å². The van der Waals surface area contributed by atoms with E-state index in [1.54, 1.807) is 7.05 Å². The van der Waals surface area contributed by atoms with Gasteiger partial charge in [-0.2, -0.15) is 0 Å². The molecule has 1 aliphatic heterocycles. The van der Waals surface area contributed by atoms with Gasteiger partial charge in [-0.3, -0.25) is 14.8 Å². The molecular formula is C21H35FIN5O. The Hall–Kier alpha value is -0.970. The van der Waals surface area contributed by atoms with E-state index in [0.717, 1.165) is 63.5 Å². The highest BCUT2D eigenvalue weighted by Crippen LogP contribution is 2.25. The van der Waals surface area contributed by atoms with Crippen LogP contribution in [-0.2, 0) is 4.74 Å². The zero-order valence-electron chi connectivity index (χ0n) is 17.6. The summed E-state index contributed by atoms with van der Waals surface area (Å²) in [5.74, 6) is 0.610. The standard InChI is InChI=1S/C21H34FN5O.HI/c1-3-26(19-8-9-19)11-10-24-21(23-2)25-16-20(27-12-14-28-15-13-27)17-4-6-18(22)7-5-17;/h4-7,19-20H,3,8-16H2,1-2H3,(H2,23,24,25);1H. The van der Waals surface area contributed by atoms with Gasteiger partial charge in [0.15, 0.2) is 5.96 Å². The number of morpholine rings is 1. The van der Waals surface area contributed by atoms with E-state index in [9.17, 15) is 4.39 Å². The molecule has 6 nitrogen and oxygen atoms in total. The maximum absolute atomic E-state index is 13.4. The van der Waals surface area contributed by atoms with Crippen LogP contribution in [0.4, 0.5) is 4.39 Å². The second kappa shape index (κ2) is 12.7. The molecule has 0 aromatic heterocycles. The van der Waals surface area contributed by atoms with Crippen molar-refractivity contribution in [3.63, 3.8) is 0 Å². The Morgan fingerprint density at radius 1 is 1.24 bits per heavy atom. The van der Waals surface area contributed by atoms with Gasteiger partial charge < -0.3 is 15.4 Å². The molecule has 0 bridgehead atoms. The van der Waals surface area contributed by atoms with Gasteiger partial charge in [-0.1, -0.05) is 19.1 Å². The molecule has 29 heavy (non-hydrogen) atoms. The second-order valence-corrected chi connectivity index (χ2v) is 7.46. The molecular weight excluding hydrogens is 484 g/mol. The largest absolute Gasteiger partial charge is 0.379 e. The van der Waals surface area contributed by atoms with Crippen molar-refractivity contribution >= 4 is 29.9 Å². The highest BCUT2D eigenvalue weighted by Gasteiger charge is 2.27. The number of halogens is 2. The molecule has 2 N–H and O–H groups in total. The summed E-state index contributed by atoms with van der Waals surface area (Å²) in [6, 6.07) is 7.76. The van der Waals surface area contributed by atoms with E-state index in [2.05, 4.69) is 32.3 Å². The van der Waals surface area contributed by atoms with E-state index in [1.165, 1.54) is 25.0 Å². The van der Waals surface area contributed by atoms with Crippen LogP contribution in [0, 0.1) is 5.82 Å². The molecule has 0 amide bonds. The third-order valence-corrected chi connectivity index (χ3v) is 5.59. The molecule has 3 rings (SSSR count). The fourth-order valence-corrected chi connectivity index (χ4v) is 3.80. The number of guanidine groups is 1.